The predicted octanol–water partition coefficient (Wildman–Crippen LogP) is 4.31. The number of nitrogens with zero attached hydrogens (tertiary/aromatic N) is 2. The molecule has 0 spiro atoms. The first-order valence-electron chi connectivity index (χ1n) is 6.21. The Morgan fingerprint density at radius 2 is 1.63 bits per heavy atom. The van der Waals surface area contributed by atoms with Gasteiger partial charge in [-0.25, -0.2) is 9.97 Å². The van der Waals surface area contributed by atoms with Crippen molar-refractivity contribution in [2.45, 2.75) is 11.2 Å². The van der Waals surface area contributed by atoms with Gasteiger partial charge in [-0.05, 0) is 28.8 Å². The molecule has 1 unspecified atom stereocenters. The van der Waals surface area contributed by atoms with Gasteiger partial charge in [0, 0.05) is 12.4 Å². The van der Waals surface area contributed by atoms with Crippen LogP contribution in [0.25, 0.3) is 10.8 Å². The smallest absolute Gasteiger partial charge is 0.142 e. The van der Waals surface area contributed by atoms with Crippen LogP contribution in [-0.4, -0.2) is 9.97 Å². The third-order valence-corrected chi connectivity index (χ3v) is 3.83. The SMILES string of the molecule is BrC(Cc1ccc2ccccc2c1)c1ncccn1. The Bertz CT molecular complexity index is 682. The second-order valence-corrected chi connectivity index (χ2v) is 5.57. The topological polar surface area (TPSA) is 25.8 Å². The summed E-state index contributed by atoms with van der Waals surface area (Å²) >= 11 is 3.66. The van der Waals surface area contributed by atoms with Gasteiger partial charge in [-0.15, -0.1) is 0 Å². The largest absolute Gasteiger partial charge is 0.240 e. The van der Waals surface area contributed by atoms with Crippen molar-refractivity contribution in [3.05, 3.63) is 72.3 Å². The van der Waals surface area contributed by atoms with Crippen LogP contribution in [0.5, 0.6) is 0 Å². The van der Waals surface area contributed by atoms with Gasteiger partial charge in [0.1, 0.15) is 5.82 Å². The first-order valence-corrected chi connectivity index (χ1v) is 7.13. The third-order valence-electron chi connectivity index (χ3n) is 3.09. The second kappa shape index (κ2) is 5.49. The van der Waals surface area contributed by atoms with Gasteiger partial charge in [0.05, 0.1) is 4.83 Å². The molecule has 0 N–H and O–H groups in total. The van der Waals surface area contributed by atoms with Crippen molar-refractivity contribution < 1.29 is 0 Å². The molecule has 1 atom stereocenters. The Labute approximate surface area is 120 Å². The van der Waals surface area contributed by atoms with Crippen LogP contribution in [0.2, 0.25) is 0 Å². The highest BCUT2D eigenvalue weighted by Crippen LogP contribution is 2.25. The van der Waals surface area contributed by atoms with E-state index in [-0.39, 0.29) is 4.83 Å². The number of hydrogen-bond acceptors (Lipinski definition) is 2. The molecule has 2 aromatic carbocycles. The second-order valence-electron chi connectivity index (χ2n) is 4.46. The summed E-state index contributed by atoms with van der Waals surface area (Å²) in [5.74, 6) is 0.829. The minimum atomic E-state index is 0.148. The van der Waals surface area contributed by atoms with Gasteiger partial charge in [-0.2, -0.15) is 0 Å². The molecule has 3 rings (SSSR count). The van der Waals surface area contributed by atoms with E-state index in [4.69, 9.17) is 0 Å². The highest BCUT2D eigenvalue weighted by molar-refractivity contribution is 9.09. The molecule has 0 radical (unpaired) electrons. The average Bonchev–Trinajstić information content (AvgIpc) is 2.48. The van der Waals surface area contributed by atoms with E-state index in [1.165, 1.54) is 16.3 Å². The molecule has 2 nitrogen and oxygen atoms in total. The first kappa shape index (κ1) is 12.3. The standard InChI is InChI=1S/C16H13BrN2/c17-15(16-18-8-3-9-19-16)11-12-6-7-13-4-1-2-5-14(13)10-12/h1-10,15H,11H2. The quantitative estimate of drug-likeness (QED) is 0.673. The molecule has 3 aromatic rings. The van der Waals surface area contributed by atoms with Gasteiger partial charge in [0.15, 0.2) is 0 Å². The molecule has 0 aliphatic heterocycles. The van der Waals surface area contributed by atoms with Crippen molar-refractivity contribution >= 4 is 26.7 Å². The monoisotopic (exact) mass is 312 g/mol. The van der Waals surface area contributed by atoms with Gasteiger partial charge in [-0.3, -0.25) is 0 Å². The number of aromatic nitrogens is 2. The van der Waals surface area contributed by atoms with E-state index in [0.29, 0.717) is 0 Å². The van der Waals surface area contributed by atoms with E-state index in [1.807, 2.05) is 6.07 Å². The molecule has 0 aliphatic carbocycles. The molecule has 0 fully saturated rings. The zero-order valence-corrected chi connectivity index (χ0v) is 11.9. The Balaban J connectivity index is 1.85. The van der Waals surface area contributed by atoms with Crippen LogP contribution in [-0.2, 0) is 6.42 Å². The summed E-state index contributed by atoms with van der Waals surface area (Å²) in [4.78, 5) is 8.71. The predicted molar refractivity (Wildman–Crippen MR) is 81.4 cm³/mol. The molecular formula is C16H13BrN2. The van der Waals surface area contributed by atoms with Crippen LogP contribution in [0.4, 0.5) is 0 Å². The van der Waals surface area contributed by atoms with Gasteiger partial charge >= 0.3 is 0 Å². The van der Waals surface area contributed by atoms with E-state index in [0.717, 1.165) is 12.2 Å². The Morgan fingerprint density at radius 1 is 0.895 bits per heavy atom. The number of hydrogen-bond donors (Lipinski definition) is 0. The van der Waals surface area contributed by atoms with Crippen LogP contribution >= 0.6 is 15.9 Å². The molecule has 0 bridgehead atoms. The fourth-order valence-electron chi connectivity index (χ4n) is 2.14. The van der Waals surface area contributed by atoms with E-state index >= 15 is 0 Å². The first-order chi connectivity index (χ1) is 9.33. The summed E-state index contributed by atoms with van der Waals surface area (Å²) < 4.78 is 0. The van der Waals surface area contributed by atoms with Crippen LogP contribution < -0.4 is 0 Å². The molecule has 0 saturated carbocycles. The lowest BCUT2D eigenvalue weighted by Crippen LogP contribution is -2.00. The number of benzene rings is 2. The van der Waals surface area contributed by atoms with Crippen molar-refractivity contribution in [1.82, 2.24) is 9.97 Å². The minimum absolute atomic E-state index is 0.148. The fraction of sp³-hybridized carbons (Fsp3) is 0.125. The highest BCUT2D eigenvalue weighted by atomic mass is 79.9. The molecule has 1 heterocycles. The van der Waals surface area contributed by atoms with Crippen molar-refractivity contribution in [3.8, 4) is 0 Å². The zero-order chi connectivity index (χ0) is 13.1. The number of halogens is 1. The maximum atomic E-state index is 4.28. The van der Waals surface area contributed by atoms with E-state index < -0.39 is 0 Å². The van der Waals surface area contributed by atoms with E-state index in [9.17, 15) is 0 Å². The Morgan fingerprint density at radius 3 is 2.42 bits per heavy atom. The van der Waals surface area contributed by atoms with Gasteiger partial charge < -0.3 is 0 Å². The summed E-state index contributed by atoms with van der Waals surface area (Å²) in [6.45, 7) is 0. The maximum Gasteiger partial charge on any atom is 0.142 e. The minimum Gasteiger partial charge on any atom is -0.240 e. The molecule has 19 heavy (non-hydrogen) atoms. The number of fused-ring (bicyclic) bond motifs is 1. The lowest BCUT2D eigenvalue weighted by Gasteiger charge is -2.09. The molecule has 94 valence electrons. The molecule has 0 amide bonds. The van der Waals surface area contributed by atoms with Crippen LogP contribution in [0.3, 0.4) is 0 Å². The fourth-order valence-corrected chi connectivity index (χ4v) is 2.75. The molecule has 0 aliphatic rings. The van der Waals surface area contributed by atoms with Crippen molar-refractivity contribution in [2.24, 2.45) is 0 Å². The van der Waals surface area contributed by atoms with Gasteiger partial charge in [0.2, 0.25) is 0 Å². The Kier molecular flexibility index (Phi) is 3.56. The molecule has 0 saturated heterocycles. The van der Waals surface area contributed by atoms with E-state index in [2.05, 4.69) is 68.4 Å². The zero-order valence-electron chi connectivity index (χ0n) is 10.3. The lowest BCUT2D eigenvalue weighted by molar-refractivity contribution is 0.850. The molecular weight excluding hydrogens is 300 g/mol. The average molecular weight is 313 g/mol. The highest BCUT2D eigenvalue weighted by Gasteiger charge is 2.11. The van der Waals surface area contributed by atoms with Crippen molar-refractivity contribution in [3.63, 3.8) is 0 Å². The lowest BCUT2D eigenvalue weighted by atomic mass is 10.0. The summed E-state index contributed by atoms with van der Waals surface area (Å²) in [6, 6.07) is 16.8. The normalized spacial score (nSPS) is 12.5. The van der Waals surface area contributed by atoms with Crippen LogP contribution in [0, 0.1) is 0 Å². The van der Waals surface area contributed by atoms with Crippen LogP contribution in [0.1, 0.15) is 16.2 Å². The van der Waals surface area contributed by atoms with Gasteiger partial charge in [0.25, 0.3) is 0 Å². The number of alkyl halides is 1. The maximum absolute atomic E-state index is 4.28. The van der Waals surface area contributed by atoms with E-state index in [1.54, 1.807) is 12.4 Å². The summed E-state index contributed by atoms with van der Waals surface area (Å²) in [5.41, 5.74) is 1.29. The van der Waals surface area contributed by atoms with Crippen molar-refractivity contribution in [2.75, 3.05) is 0 Å². The molecule has 1 aromatic heterocycles. The summed E-state index contributed by atoms with van der Waals surface area (Å²) in [7, 11) is 0. The Hall–Kier alpha value is -1.74. The number of rotatable bonds is 3. The van der Waals surface area contributed by atoms with Crippen LogP contribution in [0.15, 0.2) is 60.9 Å². The molecule has 3 heteroatoms. The third kappa shape index (κ3) is 2.82. The van der Waals surface area contributed by atoms with Crippen molar-refractivity contribution in [1.29, 1.82) is 0 Å². The summed E-state index contributed by atoms with van der Waals surface area (Å²) in [5, 5.41) is 2.54. The summed E-state index contributed by atoms with van der Waals surface area (Å²) in [6.07, 6.45) is 4.43. The van der Waals surface area contributed by atoms with Gasteiger partial charge in [-0.1, -0.05) is 58.4 Å².